The maximum Gasteiger partial charge on any atom is 0.161 e. The first-order valence-corrected chi connectivity index (χ1v) is 9.53. The van der Waals surface area contributed by atoms with Gasteiger partial charge in [0.15, 0.2) is 6.29 Å². The van der Waals surface area contributed by atoms with Crippen molar-refractivity contribution in [2.75, 3.05) is 37.1 Å². The lowest BCUT2D eigenvalue weighted by Crippen LogP contribution is -2.63. The third-order valence-corrected chi connectivity index (χ3v) is 5.48. The molecule has 2 bridgehead atoms. The molecule has 0 aromatic heterocycles. The van der Waals surface area contributed by atoms with E-state index in [9.17, 15) is 0 Å². The van der Waals surface area contributed by atoms with Crippen LogP contribution in [0.15, 0.2) is 61.7 Å². The van der Waals surface area contributed by atoms with Gasteiger partial charge in [0.1, 0.15) is 11.5 Å². The summed E-state index contributed by atoms with van der Waals surface area (Å²) >= 11 is 0. The summed E-state index contributed by atoms with van der Waals surface area (Å²) in [6.07, 6.45) is 4.03. The zero-order valence-electron chi connectivity index (χ0n) is 16.6. The van der Waals surface area contributed by atoms with Gasteiger partial charge in [0.25, 0.3) is 0 Å². The molecule has 0 radical (unpaired) electrons. The van der Waals surface area contributed by atoms with Crippen LogP contribution in [-0.4, -0.2) is 38.5 Å². The van der Waals surface area contributed by atoms with Gasteiger partial charge in [-0.1, -0.05) is 12.2 Å². The second kappa shape index (κ2) is 7.60. The Hall–Kier alpha value is -2.92. The molecular formula is C23H27N3O2. The third-order valence-electron chi connectivity index (χ3n) is 5.48. The standard InChI is InChI=1S/C23H27N3O2/c1-5-11-24(12-6-2)23-25-15-17-13-19(27-3)7-9-21(17)26(23)16-18-14-20(28-4)8-10-22(18)25/h5-10,13-14,23H,1-2,11-12,15-16H2,3-4H3. The van der Waals surface area contributed by atoms with Crippen molar-refractivity contribution in [2.45, 2.75) is 19.4 Å². The predicted octanol–water partition coefficient (Wildman–Crippen LogP) is 4.00. The van der Waals surface area contributed by atoms with Gasteiger partial charge < -0.3 is 19.3 Å². The van der Waals surface area contributed by atoms with E-state index in [0.717, 1.165) is 37.7 Å². The molecule has 2 heterocycles. The van der Waals surface area contributed by atoms with Crippen LogP contribution in [0.2, 0.25) is 0 Å². The summed E-state index contributed by atoms with van der Waals surface area (Å²) in [5, 5.41) is 0. The van der Waals surface area contributed by atoms with Crippen LogP contribution < -0.4 is 19.3 Å². The van der Waals surface area contributed by atoms with Crippen LogP contribution in [0.4, 0.5) is 11.4 Å². The molecular weight excluding hydrogens is 350 g/mol. The van der Waals surface area contributed by atoms with Gasteiger partial charge in [0.2, 0.25) is 0 Å². The maximum atomic E-state index is 5.46. The Balaban J connectivity index is 1.84. The molecule has 4 rings (SSSR count). The Morgan fingerprint density at radius 3 is 1.75 bits per heavy atom. The minimum Gasteiger partial charge on any atom is -0.497 e. The molecule has 0 atom stereocenters. The molecule has 0 unspecified atom stereocenters. The molecule has 2 aromatic carbocycles. The number of benzene rings is 2. The summed E-state index contributed by atoms with van der Waals surface area (Å²) in [5.74, 6) is 1.78. The Labute approximate surface area is 167 Å². The van der Waals surface area contributed by atoms with Crippen molar-refractivity contribution in [1.29, 1.82) is 0 Å². The highest BCUT2D eigenvalue weighted by molar-refractivity contribution is 5.70. The van der Waals surface area contributed by atoms with Gasteiger partial charge in [-0.2, -0.15) is 0 Å². The van der Waals surface area contributed by atoms with E-state index < -0.39 is 0 Å². The van der Waals surface area contributed by atoms with Crippen molar-refractivity contribution in [3.05, 3.63) is 72.8 Å². The number of hydrogen-bond donors (Lipinski definition) is 0. The normalized spacial score (nSPS) is 15.1. The van der Waals surface area contributed by atoms with Crippen LogP contribution in [-0.2, 0) is 13.1 Å². The Morgan fingerprint density at radius 1 is 0.893 bits per heavy atom. The van der Waals surface area contributed by atoms with Crippen LogP contribution in [0.3, 0.4) is 0 Å². The molecule has 0 spiro atoms. The molecule has 5 heteroatoms. The summed E-state index contributed by atoms with van der Waals surface area (Å²) < 4.78 is 10.9. The van der Waals surface area contributed by atoms with Crippen LogP contribution in [0.5, 0.6) is 11.5 Å². The van der Waals surface area contributed by atoms with E-state index in [2.05, 4.69) is 52.1 Å². The molecule has 146 valence electrons. The number of methoxy groups -OCH3 is 2. The number of fused-ring (bicyclic) bond motifs is 6. The van der Waals surface area contributed by atoms with Crippen molar-refractivity contribution in [1.82, 2.24) is 4.90 Å². The number of ether oxygens (including phenoxy) is 2. The highest BCUT2D eigenvalue weighted by atomic mass is 16.5. The van der Waals surface area contributed by atoms with Gasteiger partial charge in [-0.3, -0.25) is 4.90 Å². The second-order valence-corrected chi connectivity index (χ2v) is 7.12. The topological polar surface area (TPSA) is 28.2 Å². The lowest BCUT2D eigenvalue weighted by molar-refractivity contribution is 0.208. The van der Waals surface area contributed by atoms with Crippen LogP contribution in [0.25, 0.3) is 0 Å². The zero-order chi connectivity index (χ0) is 19.7. The molecule has 0 saturated heterocycles. The van der Waals surface area contributed by atoms with E-state index in [4.69, 9.17) is 9.47 Å². The SMILES string of the molecule is C=CCN(CC=C)C1N2Cc3cc(OC)ccc3N1Cc1cc(OC)ccc12. The number of rotatable bonds is 7. The van der Waals surface area contributed by atoms with E-state index in [1.54, 1.807) is 14.2 Å². The fourth-order valence-corrected chi connectivity index (χ4v) is 4.30. The third kappa shape index (κ3) is 3.02. The highest BCUT2D eigenvalue weighted by Crippen LogP contribution is 2.44. The van der Waals surface area contributed by atoms with Crippen LogP contribution in [0, 0.1) is 0 Å². The quantitative estimate of drug-likeness (QED) is 0.680. The van der Waals surface area contributed by atoms with E-state index in [0.29, 0.717) is 0 Å². The summed E-state index contributed by atoms with van der Waals surface area (Å²) in [6, 6.07) is 12.7. The van der Waals surface area contributed by atoms with E-state index in [-0.39, 0.29) is 6.29 Å². The second-order valence-electron chi connectivity index (χ2n) is 7.12. The molecule has 0 saturated carbocycles. The predicted molar refractivity (Wildman–Crippen MR) is 114 cm³/mol. The van der Waals surface area contributed by atoms with Crippen molar-refractivity contribution in [2.24, 2.45) is 0 Å². The fourth-order valence-electron chi connectivity index (χ4n) is 4.30. The van der Waals surface area contributed by atoms with Gasteiger partial charge in [0, 0.05) is 37.6 Å². The molecule has 2 aliphatic rings. The molecule has 0 amide bonds. The van der Waals surface area contributed by atoms with E-state index in [1.807, 2.05) is 24.3 Å². The van der Waals surface area contributed by atoms with Gasteiger partial charge >= 0.3 is 0 Å². The Kier molecular flexibility index (Phi) is 5.01. The van der Waals surface area contributed by atoms with Crippen molar-refractivity contribution >= 4 is 11.4 Å². The lowest BCUT2D eigenvalue weighted by Gasteiger charge is -2.54. The van der Waals surface area contributed by atoms with Gasteiger partial charge in [-0.05, 0) is 47.5 Å². The van der Waals surface area contributed by atoms with Crippen molar-refractivity contribution < 1.29 is 9.47 Å². The summed E-state index contributed by atoms with van der Waals surface area (Å²) in [5.41, 5.74) is 5.03. The average Bonchev–Trinajstić information content (AvgIpc) is 2.72. The first-order chi connectivity index (χ1) is 13.7. The largest absolute Gasteiger partial charge is 0.497 e. The van der Waals surface area contributed by atoms with Gasteiger partial charge in [-0.25, -0.2) is 0 Å². The smallest absolute Gasteiger partial charge is 0.161 e. The number of hydrogen-bond acceptors (Lipinski definition) is 5. The lowest BCUT2D eigenvalue weighted by atomic mass is 9.99. The summed E-state index contributed by atoms with van der Waals surface area (Å²) in [6.45, 7) is 11.1. The van der Waals surface area contributed by atoms with Crippen molar-refractivity contribution in [3.63, 3.8) is 0 Å². The van der Waals surface area contributed by atoms with Gasteiger partial charge in [-0.15, -0.1) is 13.2 Å². The monoisotopic (exact) mass is 377 g/mol. The molecule has 0 fully saturated rings. The molecule has 2 aliphatic heterocycles. The minimum absolute atomic E-state index is 0.109. The Bertz CT molecular complexity index is 824. The van der Waals surface area contributed by atoms with E-state index >= 15 is 0 Å². The number of anilines is 2. The molecule has 0 aliphatic carbocycles. The highest BCUT2D eigenvalue weighted by Gasteiger charge is 2.40. The Morgan fingerprint density at radius 2 is 1.36 bits per heavy atom. The van der Waals surface area contributed by atoms with Crippen LogP contribution >= 0.6 is 0 Å². The number of nitrogens with zero attached hydrogens (tertiary/aromatic N) is 3. The average molecular weight is 377 g/mol. The summed E-state index contributed by atoms with van der Waals surface area (Å²) in [4.78, 5) is 7.29. The molecule has 2 aromatic rings. The molecule has 0 N–H and O–H groups in total. The first kappa shape index (κ1) is 18.4. The zero-order valence-corrected chi connectivity index (χ0v) is 16.6. The van der Waals surface area contributed by atoms with Gasteiger partial charge in [0.05, 0.1) is 14.2 Å². The minimum atomic E-state index is 0.109. The fraction of sp³-hybridized carbons (Fsp3) is 0.304. The first-order valence-electron chi connectivity index (χ1n) is 9.53. The van der Waals surface area contributed by atoms with Crippen LogP contribution in [0.1, 0.15) is 11.1 Å². The maximum absolute atomic E-state index is 5.46. The van der Waals surface area contributed by atoms with Crippen molar-refractivity contribution in [3.8, 4) is 11.5 Å². The van der Waals surface area contributed by atoms with E-state index in [1.165, 1.54) is 22.5 Å². The molecule has 5 nitrogen and oxygen atoms in total. The summed E-state index contributed by atoms with van der Waals surface area (Å²) in [7, 11) is 3.43. The molecule has 28 heavy (non-hydrogen) atoms.